The molecular weight excluding hydrogens is 466 g/mol. The topological polar surface area (TPSA) is 15.8 Å². The maximum atomic E-state index is 6.53. The Morgan fingerprint density at radius 3 is 1.60 bits per heavy atom. The van der Waals surface area contributed by atoms with Crippen molar-refractivity contribution in [3.8, 4) is 0 Å². The predicted molar refractivity (Wildman–Crippen MR) is 150 cm³/mol. The molecule has 5 aromatic rings. The van der Waals surface area contributed by atoms with E-state index in [1.807, 2.05) is 17.8 Å². The third kappa shape index (κ3) is 4.69. The quantitative estimate of drug-likeness (QED) is 0.223. The second-order valence-corrected chi connectivity index (χ2v) is 10.6. The van der Waals surface area contributed by atoms with Crippen molar-refractivity contribution in [3.63, 3.8) is 0 Å². The third-order valence-electron chi connectivity index (χ3n) is 6.46. The molecule has 1 aromatic heterocycles. The standard InChI is InChI=1S/C32H28ClNS/c1-23-21-30(24(2)34-23)31(25-13-12-20-29(33)22-25)35-32(26-14-6-3-7-15-26,27-16-8-4-9-17-27)28-18-10-5-11-19-28/h3-22,31,34H,1-2H3. The van der Waals surface area contributed by atoms with Crippen molar-refractivity contribution < 1.29 is 0 Å². The van der Waals surface area contributed by atoms with Crippen molar-refractivity contribution in [2.45, 2.75) is 23.8 Å². The summed E-state index contributed by atoms with van der Waals surface area (Å²) in [6.07, 6.45) is 0. The fourth-order valence-electron chi connectivity index (χ4n) is 4.90. The first-order valence-corrected chi connectivity index (χ1v) is 13.1. The van der Waals surface area contributed by atoms with Crippen LogP contribution in [0.3, 0.4) is 0 Å². The fraction of sp³-hybridized carbons (Fsp3) is 0.125. The van der Waals surface area contributed by atoms with Gasteiger partial charge in [0.1, 0.15) is 0 Å². The van der Waals surface area contributed by atoms with Gasteiger partial charge < -0.3 is 4.98 Å². The van der Waals surface area contributed by atoms with Crippen LogP contribution in [0.2, 0.25) is 5.02 Å². The summed E-state index contributed by atoms with van der Waals surface area (Å²) in [5, 5.41) is 0.807. The van der Waals surface area contributed by atoms with E-state index in [-0.39, 0.29) is 5.25 Å². The Morgan fingerprint density at radius 1 is 0.657 bits per heavy atom. The van der Waals surface area contributed by atoms with E-state index in [2.05, 4.69) is 134 Å². The summed E-state index contributed by atoms with van der Waals surface area (Å²) in [7, 11) is 0. The molecule has 1 unspecified atom stereocenters. The first-order valence-electron chi connectivity index (χ1n) is 11.8. The average molecular weight is 494 g/mol. The number of thioether (sulfide) groups is 1. The first kappa shape index (κ1) is 23.5. The van der Waals surface area contributed by atoms with Gasteiger partial charge in [0, 0.05) is 16.4 Å². The second-order valence-electron chi connectivity index (χ2n) is 8.86. The van der Waals surface area contributed by atoms with Gasteiger partial charge in [0.05, 0.1) is 10.00 Å². The number of aromatic nitrogens is 1. The summed E-state index contributed by atoms with van der Waals surface area (Å²) in [4.78, 5) is 3.53. The highest BCUT2D eigenvalue weighted by atomic mass is 35.5. The minimum Gasteiger partial charge on any atom is -0.362 e. The SMILES string of the molecule is Cc1cc(C(SC(c2ccccc2)(c2ccccc2)c2ccccc2)c2cccc(Cl)c2)c(C)[nH]1. The number of hydrogen-bond acceptors (Lipinski definition) is 1. The zero-order valence-corrected chi connectivity index (χ0v) is 21.5. The van der Waals surface area contributed by atoms with Crippen LogP contribution in [0.1, 0.15) is 44.5 Å². The number of rotatable bonds is 7. The second kappa shape index (κ2) is 10.2. The van der Waals surface area contributed by atoms with E-state index >= 15 is 0 Å². The van der Waals surface area contributed by atoms with Crippen LogP contribution < -0.4 is 0 Å². The summed E-state index contributed by atoms with van der Waals surface area (Å²) in [5.41, 5.74) is 8.56. The molecule has 174 valence electrons. The zero-order chi connectivity index (χ0) is 24.3. The molecule has 1 heterocycles. The molecule has 35 heavy (non-hydrogen) atoms. The lowest BCUT2D eigenvalue weighted by Crippen LogP contribution is -2.27. The fourth-order valence-corrected chi connectivity index (χ4v) is 6.92. The van der Waals surface area contributed by atoms with Crippen molar-refractivity contribution in [1.82, 2.24) is 4.98 Å². The molecule has 5 rings (SSSR count). The van der Waals surface area contributed by atoms with E-state index in [4.69, 9.17) is 11.6 Å². The predicted octanol–water partition coefficient (Wildman–Crippen LogP) is 9.10. The Kier molecular flexibility index (Phi) is 6.86. The lowest BCUT2D eigenvalue weighted by Gasteiger charge is -2.38. The molecule has 0 saturated heterocycles. The largest absolute Gasteiger partial charge is 0.362 e. The number of halogens is 1. The van der Waals surface area contributed by atoms with Gasteiger partial charge in [-0.05, 0) is 59.9 Å². The van der Waals surface area contributed by atoms with Gasteiger partial charge in [0.25, 0.3) is 0 Å². The van der Waals surface area contributed by atoms with E-state index in [0.29, 0.717) is 0 Å². The minimum absolute atomic E-state index is 0.0549. The van der Waals surface area contributed by atoms with E-state index < -0.39 is 4.75 Å². The van der Waals surface area contributed by atoms with E-state index in [9.17, 15) is 0 Å². The summed E-state index contributed by atoms with van der Waals surface area (Å²) in [5.74, 6) is 0. The van der Waals surface area contributed by atoms with Gasteiger partial charge in [-0.25, -0.2) is 0 Å². The highest BCUT2D eigenvalue weighted by Gasteiger charge is 2.40. The Bertz CT molecular complexity index is 1300. The molecule has 0 aliphatic carbocycles. The van der Waals surface area contributed by atoms with E-state index in [1.165, 1.54) is 33.5 Å². The Balaban J connectivity index is 1.81. The maximum absolute atomic E-state index is 6.53. The Morgan fingerprint density at radius 2 is 1.17 bits per heavy atom. The Hall–Kier alpha value is -3.20. The smallest absolute Gasteiger partial charge is 0.0916 e. The molecule has 0 aliphatic rings. The molecule has 1 atom stereocenters. The highest BCUT2D eigenvalue weighted by molar-refractivity contribution is 8.01. The molecule has 0 fully saturated rings. The molecular formula is C32H28ClNS. The number of nitrogens with one attached hydrogen (secondary N) is 1. The molecule has 0 saturated carbocycles. The molecule has 1 N–H and O–H groups in total. The normalized spacial score (nSPS) is 12.4. The van der Waals surface area contributed by atoms with Crippen LogP contribution in [-0.4, -0.2) is 4.98 Å². The molecule has 3 heteroatoms. The van der Waals surface area contributed by atoms with Crippen LogP contribution in [0.5, 0.6) is 0 Å². The number of hydrogen-bond donors (Lipinski definition) is 1. The molecule has 0 amide bonds. The summed E-state index contributed by atoms with van der Waals surface area (Å²) < 4.78 is -0.436. The van der Waals surface area contributed by atoms with Gasteiger partial charge in [-0.1, -0.05) is 115 Å². The molecule has 0 aliphatic heterocycles. The van der Waals surface area contributed by atoms with Crippen LogP contribution >= 0.6 is 23.4 Å². The van der Waals surface area contributed by atoms with Crippen molar-refractivity contribution in [2.24, 2.45) is 0 Å². The van der Waals surface area contributed by atoms with Crippen molar-refractivity contribution in [2.75, 3.05) is 0 Å². The Labute approximate surface area is 217 Å². The van der Waals surface area contributed by atoms with E-state index in [1.54, 1.807) is 0 Å². The number of aromatic amines is 1. The van der Waals surface area contributed by atoms with Crippen molar-refractivity contribution >= 4 is 23.4 Å². The summed E-state index contributed by atoms with van der Waals surface area (Å²) in [6, 6.07) is 43.1. The summed E-state index contributed by atoms with van der Waals surface area (Å²) in [6.45, 7) is 4.28. The molecule has 0 spiro atoms. The third-order valence-corrected chi connectivity index (χ3v) is 8.52. The monoisotopic (exact) mass is 493 g/mol. The lowest BCUT2D eigenvalue weighted by atomic mass is 9.84. The first-order chi connectivity index (χ1) is 17.1. The molecule has 0 radical (unpaired) electrons. The molecule has 1 nitrogen and oxygen atoms in total. The van der Waals surface area contributed by atoms with Gasteiger partial charge in [-0.2, -0.15) is 0 Å². The van der Waals surface area contributed by atoms with Crippen LogP contribution in [-0.2, 0) is 4.75 Å². The van der Waals surface area contributed by atoms with Crippen molar-refractivity contribution in [3.05, 3.63) is 166 Å². The zero-order valence-electron chi connectivity index (χ0n) is 19.9. The van der Waals surface area contributed by atoms with Gasteiger partial charge in [0.15, 0.2) is 0 Å². The van der Waals surface area contributed by atoms with Crippen LogP contribution in [0.25, 0.3) is 0 Å². The number of benzene rings is 4. The van der Waals surface area contributed by atoms with Crippen molar-refractivity contribution in [1.29, 1.82) is 0 Å². The van der Waals surface area contributed by atoms with Gasteiger partial charge in [0.2, 0.25) is 0 Å². The van der Waals surface area contributed by atoms with Crippen LogP contribution in [0.15, 0.2) is 121 Å². The highest BCUT2D eigenvalue weighted by Crippen LogP contribution is 2.56. The van der Waals surface area contributed by atoms with Gasteiger partial charge in [-0.15, -0.1) is 11.8 Å². The van der Waals surface area contributed by atoms with E-state index in [0.717, 1.165) is 10.7 Å². The van der Waals surface area contributed by atoms with Gasteiger partial charge in [-0.3, -0.25) is 0 Å². The van der Waals surface area contributed by atoms with Crippen LogP contribution in [0.4, 0.5) is 0 Å². The lowest BCUT2D eigenvalue weighted by molar-refractivity contribution is 0.884. The molecule has 4 aromatic carbocycles. The summed E-state index contributed by atoms with van der Waals surface area (Å²) >= 11 is 8.49. The number of aryl methyl sites for hydroxylation is 2. The van der Waals surface area contributed by atoms with Crippen LogP contribution in [0, 0.1) is 13.8 Å². The molecule has 0 bridgehead atoms. The maximum Gasteiger partial charge on any atom is 0.0916 e. The van der Waals surface area contributed by atoms with Gasteiger partial charge >= 0.3 is 0 Å². The number of H-pyrrole nitrogens is 1. The minimum atomic E-state index is -0.436. The average Bonchev–Trinajstić information content (AvgIpc) is 3.24.